The Morgan fingerprint density at radius 1 is 1.20 bits per heavy atom. The number of rotatable bonds is 4. The Morgan fingerprint density at radius 3 is 2.30 bits per heavy atom. The van der Waals surface area contributed by atoms with Crippen molar-refractivity contribution in [3.05, 3.63) is 53.6 Å². The number of aromatic nitrogens is 2. The highest BCUT2D eigenvalue weighted by atomic mass is 15.1. The molecule has 0 fully saturated rings. The van der Waals surface area contributed by atoms with Crippen molar-refractivity contribution in [2.75, 3.05) is 7.05 Å². The molecule has 3 heteroatoms. The molecule has 1 aromatic carbocycles. The van der Waals surface area contributed by atoms with Crippen LogP contribution < -0.4 is 5.32 Å². The predicted octanol–water partition coefficient (Wildman–Crippen LogP) is 3.45. The van der Waals surface area contributed by atoms with Gasteiger partial charge in [0, 0.05) is 25.0 Å². The van der Waals surface area contributed by atoms with Crippen LogP contribution in [0.25, 0.3) is 0 Å². The summed E-state index contributed by atoms with van der Waals surface area (Å²) in [5, 5.41) is 3.39. The van der Waals surface area contributed by atoms with Gasteiger partial charge in [-0.3, -0.25) is 0 Å². The molecule has 0 radical (unpaired) electrons. The van der Waals surface area contributed by atoms with Gasteiger partial charge in [0.2, 0.25) is 0 Å². The van der Waals surface area contributed by atoms with Crippen LogP contribution in [0.2, 0.25) is 0 Å². The zero-order valence-corrected chi connectivity index (χ0v) is 13.1. The first-order chi connectivity index (χ1) is 9.41. The molecule has 0 saturated carbocycles. The fourth-order valence-corrected chi connectivity index (χ4v) is 2.37. The molecule has 3 nitrogen and oxygen atoms in total. The van der Waals surface area contributed by atoms with Crippen molar-refractivity contribution in [1.29, 1.82) is 0 Å². The molecule has 20 heavy (non-hydrogen) atoms. The lowest BCUT2D eigenvalue weighted by Gasteiger charge is -2.22. The van der Waals surface area contributed by atoms with E-state index in [1.807, 2.05) is 26.4 Å². The maximum Gasteiger partial charge on any atom is 0.105 e. The van der Waals surface area contributed by atoms with Gasteiger partial charge in [-0.1, -0.05) is 45.0 Å². The second-order valence-electron chi connectivity index (χ2n) is 6.34. The average molecular weight is 271 g/mol. The lowest BCUT2D eigenvalue weighted by atomic mass is 9.86. The van der Waals surface area contributed by atoms with Crippen LogP contribution >= 0.6 is 0 Å². The Morgan fingerprint density at radius 2 is 1.85 bits per heavy atom. The third-order valence-electron chi connectivity index (χ3n) is 3.83. The summed E-state index contributed by atoms with van der Waals surface area (Å²) in [6.45, 7) is 9.66. The van der Waals surface area contributed by atoms with Gasteiger partial charge in [-0.2, -0.15) is 0 Å². The van der Waals surface area contributed by atoms with Crippen molar-refractivity contribution in [2.45, 2.75) is 45.7 Å². The van der Waals surface area contributed by atoms with Gasteiger partial charge in [0.25, 0.3) is 0 Å². The van der Waals surface area contributed by atoms with E-state index in [0.29, 0.717) is 6.04 Å². The molecule has 0 amide bonds. The van der Waals surface area contributed by atoms with Crippen LogP contribution in [0.3, 0.4) is 0 Å². The Hall–Kier alpha value is -1.61. The number of aryl methyl sites for hydroxylation is 1. The fourth-order valence-electron chi connectivity index (χ4n) is 2.37. The number of hydrogen-bond acceptors (Lipinski definition) is 2. The Kier molecular flexibility index (Phi) is 4.29. The molecule has 0 aliphatic heterocycles. The topological polar surface area (TPSA) is 29.9 Å². The van der Waals surface area contributed by atoms with Gasteiger partial charge in [0.1, 0.15) is 5.82 Å². The lowest BCUT2D eigenvalue weighted by molar-refractivity contribution is 0.492. The van der Waals surface area contributed by atoms with E-state index in [1.54, 1.807) is 0 Å². The summed E-state index contributed by atoms with van der Waals surface area (Å²) in [7, 11) is 2.01. The highest BCUT2D eigenvalue weighted by Gasteiger charge is 2.15. The second-order valence-corrected chi connectivity index (χ2v) is 6.34. The third-order valence-corrected chi connectivity index (χ3v) is 3.83. The van der Waals surface area contributed by atoms with Gasteiger partial charge in [-0.15, -0.1) is 0 Å². The van der Waals surface area contributed by atoms with Crippen molar-refractivity contribution in [1.82, 2.24) is 14.9 Å². The SMILES string of the molecule is CNC(Cn1ccnc1C)c1ccc(C(C)(C)C)cc1. The molecule has 1 aromatic heterocycles. The summed E-state index contributed by atoms with van der Waals surface area (Å²) >= 11 is 0. The molecule has 1 unspecified atom stereocenters. The molecule has 0 aliphatic rings. The molecule has 2 aromatic rings. The van der Waals surface area contributed by atoms with Crippen molar-refractivity contribution in [3.8, 4) is 0 Å². The monoisotopic (exact) mass is 271 g/mol. The van der Waals surface area contributed by atoms with E-state index in [1.165, 1.54) is 11.1 Å². The molecule has 0 saturated heterocycles. The Labute approximate surface area is 122 Å². The van der Waals surface area contributed by atoms with Crippen LogP contribution in [0.1, 0.15) is 43.8 Å². The first kappa shape index (κ1) is 14.8. The molecule has 0 aliphatic carbocycles. The van der Waals surface area contributed by atoms with E-state index >= 15 is 0 Å². The number of nitrogens with zero attached hydrogens (tertiary/aromatic N) is 2. The summed E-state index contributed by atoms with van der Waals surface area (Å²) in [5.41, 5.74) is 2.89. The standard InChI is InChI=1S/C17H25N3/c1-13-19-10-11-20(13)12-16(18-5)14-6-8-15(9-7-14)17(2,3)4/h6-11,16,18H,12H2,1-5H3. The number of likely N-dealkylation sites (N-methyl/N-ethyl adjacent to an activating group) is 1. The van der Waals surface area contributed by atoms with E-state index in [0.717, 1.165) is 12.4 Å². The van der Waals surface area contributed by atoms with E-state index in [9.17, 15) is 0 Å². The number of benzene rings is 1. The minimum Gasteiger partial charge on any atom is -0.333 e. The highest BCUT2D eigenvalue weighted by Crippen LogP contribution is 2.24. The van der Waals surface area contributed by atoms with Gasteiger partial charge in [-0.05, 0) is 30.5 Å². The number of imidazole rings is 1. The van der Waals surface area contributed by atoms with Crippen LogP contribution in [-0.2, 0) is 12.0 Å². The first-order valence-corrected chi connectivity index (χ1v) is 7.17. The third kappa shape index (κ3) is 3.28. The Balaban J connectivity index is 2.18. The molecule has 1 N–H and O–H groups in total. The Bertz CT molecular complexity index is 546. The molecule has 0 spiro atoms. The van der Waals surface area contributed by atoms with Gasteiger partial charge in [0.15, 0.2) is 0 Å². The van der Waals surface area contributed by atoms with Crippen molar-refractivity contribution in [2.24, 2.45) is 0 Å². The summed E-state index contributed by atoms with van der Waals surface area (Å²) in [4.78, 5) is 4.28. The zero-order chi connectivity index (χ0) is 14.8. The van der Waals surface area contributed by atoms with Crippen LogP contribution in [0, 0.1) is 6.92 Å². The maximum absolute atomic E-state index is 4.28. The number of nitrogens with one attached hydrogen (secondary N) is 1. The maximum atomic E-state index is 4.28. The largest absolute Gasteiger partial charge is 0.333 e. The minimum atomic E-state index is 0.203. The molecular formula is C17H25N3. The normalized spacial score (nSPS) is 13.4. The van der Waals surface area contributed by atoms with E-state index in [4.69, 9.17) is 0 Å². The summed E-state index contributed by atoms with van der Waals surface area (Å²) < 4.78 is 2.18. The lowest BCUT2D eigenvalue weighted by Crippen LogP contribution is -2.22. The minimum absolute atomic E-state index is 0.203. The van der Waals surface area contributed by atoms with Crippen molar-refractivity contribution in [3.63, 3.8) is 0 Å². The fraction of sp³-hybridized carbons (Fsp3) is 0.471. The van der Waals surface area contributed by atoms with E-state index < -0.39 is 0 Å². The molecule has 1 atom stereocenters. The summed E-state index contributed by atoms with van der Waals surface area (Å²) in [6, 6.07) is 9.24. The summed E-state index contributed by atoms with van der Waals surface area (Å²) in [5.74, 6) is 1.05. The van der Waals surface area contributed by atoms with Gasteiger partial charge in [-0.25, -0.2) is 4.98 Å². The van der Waals surface area contributed by atoms with Crippen LogP contribution in [0.15, 0.2) is 36.7 Å². The van der Waals surface area contributed by atoms with Gasteiger partial charge in [0.05, 0.1) is 0 Å². The number of hydrogen-bond donors (Lipinski definition) is 1. The molecule has 108 valence electrons. The average Bonchev–Trinajstić information content (AvgIpc) is 2.80. The van der Waals surface area contributed by atoms with Crippen LogP contribution in [0.4, 0.5) is 0 Å². The van der Waals surface area contributed by atoms with Gasteiger partial charge < -0.3 is 9.88 Å². The molecule has 2 rings (SSSR count). The smallest absolute Gasteiger partial charge is 0.105 e. The quantitative estimate of drug-likeness (QED) is 0.923. The van der Waals surface area contributed by atoms with Crippen LogP contribution in [-0.4, -0.2) is 16.6 Å². The zero-order valence-electron chi connectivity index (χ0n) is 13.1. The van der Waals surface area contributed by atoms with Crippen molar-refractivity contribution < 1.29 is 0 Å². The van der Waals surface area contributed by atoms with Crippen LogP contribution in [0.5, 0.6) is 0 Å². The highest BCUT2D eigenvalue weighted by molar-refractivity contribution is 5.29. The molecule has 0 bridgehead atoms. The molecule has 1 heterocycles. The van der Waals surface area contributed by atoms with Crippen molar-refractivity contribution >= 4 is 0 Å². The second kappa shape index (κ2) is 5.80. The molecular weight excluding hydrogens is 246 g/mol. The van der Waals surface area contributed by atoms with E-state index in [-0.39, 0.29) is 5.41 Å². The first-order valence-electron chi connectivity index (χ1n) is 7.17. The predicted molar refractivity (Wildman–Crippen MR) is 83.9 cm³/mol. The summed E-state index contributed by atoms with van der Waals surface area (Å²) in [6.07, 6.45) is 3.88. The van der Waals surface area contributed by atoms with E-state index in [2.05, 4.69) is 59.9 Å². The van der Waals surface area contributed by atoms with Gasteiger partial charge >= 0.3 is 0 Å².